The molecule has 1 aliphatic rings. The number of nitrogens with zero attached hydrogens (tertiary/aromatic N) is 6. The molecular formula is C28H29IN6. The van der Waals surface area contributed by atoms with Gasteiger partial charge in [0.05, 0.1) is 22.4 Å². The lowest BCUT2D eigenvalue weighted by molar-refractivity contribution is 0.730. The van der Waals surface area contributed by atoms with Gasteiger partial charge in [-0.25, -0.2) is 14.6 Å². The molecule has 178 valence electrons. The summed E-state index contributed by atoms with van der Waals surface area (Å²) in [5.41, 5.74) is 6.74. The number of aryl methyl sites for hydroxylation is 1. The lowest BCUT2D eigenvalue weighted by Crippen LogP contribution is -2.44. The van der Waals surface area contributed by atoms with E-state index in [-0.39, 0.29) is 30.1 Å². The van der Waals surface area contributed by atoms with Crippen molar-refractivity contribution in [2.24, 2.45) is 0 Å². The third-order valence-electron chi connectivity index (χ3n) is 6.25. The van der Waals surface area contributed by atoms with Crippen molar-refractivity contribution in [3.8, 4) is 5.69 Å². The summed E-state index contributed by atoms with van der Waals surface area (Å²) in [5, 5.41) is 4.86. The standard InChI is InChI=1S/C28H28N6.HI/c1-6-17-32-26-27(30-24-16-12-11-15-23(24)29-26)33(18-7-2)28(32)19(3)25-20(4)31-34(21(25)5)22-13-9-8-10-14-22;/h6-16,28H,1-3,17-18H2,4-5H3;1H. The average Bonchev–Trinajstić information content (AvgIpc) is 3.31. The van der Waals surface area contributed by atoms with Crippen molar-refractivity contribution < 1.29 is 0 Å². The zero-order chi connectivity index (χ0) is 23.8. The van der Waals surface area contributed by atoms with Crippen LogP contribution < -0.4 is 9.80 Å². The van der Waals surface area contributed by atoms with Crippen LogP contribution in [-0.4, -0.2) is 39.0 Å². The Bertz CT molecular complexity index is 1350. The van der Waals surface area contributed by atoms with Crippen LogP contribution in [0, 0.1) is 13.8 Å². The Morgan fingerprint density at radius 1 is 0.857 bits per heavy atom. The van der Waals surface area contributed by atoms with Gasteiger partial charge < -0.3 is 9.80 Å². The van der Waals surface area contributed by atoms with Crippen molar-refractivity contribution in [1.29, 1.82) is 0 Å². The molecule has 0 unspecified atom stereocenters. The summed E-state index contributed by atoms with van der Waals surface area (Å²) in [6.45, 7) is 18.0. The molecule has 0 fully saturated rings. The summed E-state index contributed by atoms with van der Waals surface area (Å²) in [5.74, 6) is 1.66. The molecule has 5 rings (SSSR count). The summed E-state index contributed by atoms with van der Waals surface area (Å²) in [4.78, 5) is 14.4. The second-order valence-corrected chi connectivity index (χ2v) is 8.43. The van der Waals surface area contributed by atoms with Crippen LogP contribution in [0.3, 0.4) is 0 Å². The first-order valence-corrected chi connectivity index (χ1v) is 11.4. The largest absolute Gasteiger partial charge is 0.325 e. The highest BCUT2D eigenvalue weighted by Crippen LogP contribution is 2.43. The monoisotopic (exact) mass is 576 g/mol. The highest BCUT2D eigenvalue weighted by atomic mass is 127. The number of anilines is 2. The normalized spacial score (nSPS) is 13.0. The fourth-order valence-corrected chi connectivity index (χ4v) is 4.85. The molecule has 0 amide bonds. The van der Waals surface area contributed by atoms with Crippen LogP contribution in [0.5, 0.6) is 0 Å². The number of benzene rings is 2. The predicted molar refractivity (Wildman–Crippen MR) is 156 cm³/mol. The minimum absolute atomic E-state index is 0. The van der Waals surface area contributed by atoms with Crippen LogP contribution >= 0.6 is 24.0 Å². The Hall–Kier alpha value is -3.46. The molecule has 1 aliphatic heterocycles. The molecule has 0 N–H and O–H groups in total. The van der Waals surface area contributed by atoms with Gasteiger partial charge in [0, 0.05) is 24.3 Å². The van der Waals surface area contributed by atoms with Crippen molar-refractivity contribution in [2.75, 3.05) is 22.9 Å². The highest BCUT2D eigenvalue weighted by molar-refractivity contribution is 14.0. The summed E-state index contributed by atoms with van der Waals surface area (Å²) < 4.78 is 1.98. The van der Waals surface area contributed by atoms with Gasteiger partial charge in [-0.05, 0) is 43.7 Å². The van der Waals surface area contributed by atoms with Gasteiger partial charge in [0.1, 0.15) is 6.17 Å². The lowest BCUT2D eigenvalue weighted by atomic mass is 10.0. The highest BCUT2D eigenvalue weighted by Gasteiger charge is 2.40. The fraction of sp³-hybridized carbons (Fsp3) is 0.179. The Labute approximate surface area is 223 Å². The van der Waals surface area contributed by atoms with Crippen LogP contribution in [0.2, 0.25) is 0 Å². The molecule has 0 bridgehead atoms. The summed E-state index contributed by atoms with van der Waals surface area (Å²) in [6, 6.07) is 18.1. The van der Waals surface area contributed by atoms with Gasteiger partial charge in [-0.3, -0.25) is 0 Å². The van der Waals surface area contributed by atoms with E-state index in [1.54, 1.807) is 0 Å². The van der Waals surface area contributed by atoms with E-state index in [0.717, 1.165) is 50.9 Å². The molecule has 0 atom stereocenters. The maximum atomic E-state index is 4.99. The number of halogens is 1. The minimum atomic E-state index is -0.186. The zero-order valence-corrected chi connectivity index (χ0v) is 22.4. The van der Waals surface area contributed by atoms with Gasteiger partial charge in [0.15, 0.2) is 11.6 Å². The molecule has 0 spiro atoms. The molecule has 35 heavy (non-hydrogen) atoms. The van der Waals surface area contributed by atoms with E-state index in [1.807, 2.05) is 66.2 Å². The zero-order valence-electron chi connectivity index (χ0n) is 20.1. The second-order valence-electron chi connectivity index (χ2n) is 8.43. The van der Waals surface area contributed by atoms with Crippen LogP contribution in [0.1, 0.15) is 17.0 Å². The Kier molecular flexibility index (Phi) is 7.07. The van der Waals surface area contributed by atoms with Crippen LogP contribution in [0.15, 0.2) is 86.5 Å². The summed E-state index contributed by atoms with van der Waals surface area (Å²) >= 11 is 0. The summed E-state index contributed by atoms with van der Waals surface area (Å²) in [6.07, 6.45) is 3.60. The van der Waals surface area contributed by atoms with Gasteiger partial charge >= 0.3 is 0 Å². The first-order valence-electron chi connectivity index (χ1n) is 11.4. The molecule has 0 saturated heterocycles. The van der Waals surface area contributed by atoms with E-state index in [0.29, 0.717) is 13.1 Å². The first-order chi connectivity index (χ1) is 16.5. The third-order valence-corrected chi connectivity index (χ3v) is 6.25. The Balaban J connectivity index is 0.00000289. The quantitative estimate of drug-likeness (QED) is 0.197. The van der Waals surface area contributed by atoms with Crippen molar-refractivity contribution in [3.63, 3.8) is 0 Å². The Morgan fingerprint density at radius 3 is 1.89 bits per heavy atom. The van der Waals surface area contributed by atoms with Crippen molar-refractivity contribution >= 4 is 52.2 Å². The number of fused-ring (bicyclic) bond motifs is 2. The minimum Gasteiger partial charge on any atom is -0.325 e. The van der Waals surface area contributed by atoms with E-state index < -0.39 is 0 Å². The van der Waals surface area contributed by atoms with Crippen molar-refractivity contribution in [1.82, 2.24) is 19.7 Å². The van der Waals surface area contributed by atoms with Gasteiger partial charge in [-0.1, -0.05) is 49.1 Å². The number of aromatic nitrogens is 4. The maximum Gasteiger partial charge on any atom is 0.174 e. The smallest absolute Gasteiger partial charge is 0.174 e. The molecule has 6 nitrogen and oxygen atoms in total. The predicted octanol–water partition coefficient (Wildman–Crippen LogP) is 6.09. The summed E-state index contributed by atoms with van der Waals surface area (Å²) in [7, 11) is 0. The molecule has 0 aliphatic carbocycles. The fourth-order valence-electron chi connectivity index (χ4n) is 4.85. The number of para-hydroxylation sites is 3. The number of hydrogen-bond donors (Lipinski definition) is 0. The SMILES string of the molecule is C=CCN1c2nc3ccccc3nc2N(CC=C)C1C(=C)c1c(C)nn(-c2ccccc2)c1C.I. The second kappa shape index (κ2) is 10.0. The van der Waals surface area contributed by atoms with E-state index in [2.05, 4.69) is 48.6 Å². The van der Waals surface area contributed by atoms with E-state index in [4.69, 9.17) is 15.1 Å². The molecule has 2 aromatic carbocycles. The van der Waals surface area contributed by atoms with Gasteiger partial charge in [0.2, 0.25) is 0 Å². The van der Waals surface area contributed by atoms with Crippen LogP contribution in [-0.2, 0) is 0 Å². The van der Waals surface area contributed by atoms with Crippen molar-refractivity contribution in [3.05, 3.63) is 103 Å². The molecule has 2 aromatic heterocycles. The van der Waals surface area contributed by atoms with Gasteiger partial charge in [-0.15, -0.1) is 37.1 Å². The van der Waals surface area contributed by atoms with Gasteiger partial charge in [0.25, 0.3) is 0 Å². The Morgan fingerprint density at radius 2 is 1.37 bits per heavy atom. The lowest BCUT2D eigenvalue weighted by Gasteiger charge is -2.32. The average molecular weight is 576 g/mol. The maximum absolute atomic E-state index is 4.99. The third kappa shape index (κ3) is 4.14. The number of hydrogen-bond acceptors (Lipinski definition) is 5. The van der Waals surface area contributed by atoms with E-state index >= 15 is 0 Å². The van der Waals surface area contributed by atoms with Gasteiger partial charge in [-0.2, -0.15) is 5.10 Å². The molecular weight excluding hydrogens is 547 g/mol. The molecule has 7 heteroatoms. The molecule has 0 radical (unpaired) electrons. The van der Waals surface area contributed by atoms with Crippen LogP contribution in [0.4, 0.5) is 11.6 Å². The van der Waals surface area contributed by atoms with Crippen molar-refractivity contribution in [2.45, 2.75) is 20.0 Å². The van der Waals surface area contributed by atoms with E-state index in [9.17, 15) is 0 Å². The first kappa shape index (κ1) is 24.7. The molecule has 4 aromatic rings. The van der Waals surface area contributed by atoms with Crippen LogP contribution in [0.25, 0.3) is 22.3 Å². The number of rotatable bonds is 7. The molecule has 3 heterocycles. The topological polar surface area (TPSA) is 50.1 Å². The molecule has 0 saturated carbocycles. The van der Waals surface area contributed by atoms with E-state index in [1.165, 1.54) is 0 Å².